The van der Waals surface area contributed by atoms with E-state index in [2.05, 4.69) is 67.1 Å². The summed E-state index contributed by atoms with van der Waals surface area (Å²) in [5.74, 6) is 1.56. The minimum atomic E-state index is -1.82. The van der Waals surface area contributed by atoms with Crippen molar-refractivity contribution in [2.75, 3.05) is 40.4 Å². The summed E-state index contributed by atoms with van der Waals surface area (Å²) in [6.07, 6.45) is 0.840. The Morgan fingerprint density at radius 1 is 1.06 bits per heavy atom. The summed E-state index contributed by atoms with van der Waals surface area (Å²) in [7, 11) is 2.44. The van der Waals surface area contributed by atoms with Crippen molar-refractivity contribution in [3.63, 3.8) is 0 Å². The van der Waals surface area contributed by atoms with Crippen molar-refractivity contribution in [1.82, 2.24) is 9.62 Å². The van der Waals surface area contributed by atoms with Crippen LogP contribution in [0.15, 0.2) is 41.9 Å². The molecule has 0 amide bonds. The predicted octanol–water partition coefficient (Wildman–Crippen LogP) is 2.96. The van der Waals surface area contributed by atoms with Crippen LogP contribution >= 0.6 is 0 Å². The molecule has 8 heteroatoms. The Morgan fingerprint density at radius 3 is 2.12 bits per heavy atom. The fourth-order valence-electron chi connectivity index (χ4n) is 5.43. The minimum absolute atomic E-state index is 0.142. The fraction of sp³-hybridized carbons (Fsp3) is 0.600. The Morgan fingerprint density at radius 2 is 1.61 bits per heavy atom. The molecule has 0 aromatic heterocycles. The summed E-state index contributed by atoms with van der Waals surface area (Å²) in [4.78, 5) is 31.1. The molecule has 1 heterocycles. The number of ether oxygens (including phenoxy) is 2. The van der Waals surface area contributed by atoms with Gasteiger partial charge in [-0.1, -0.05) is 60.2 Å². The van der Waals surface area contributed by atoms with Crippen LogP contribution in [0.25, 0.3) is 0 Å². The molecule has 180 valence electrons. The minimum Gasteiger partial charge on any atom is -0.465 e. The summed E-state index contributed by atoms with van der Waals surface area (Å²) in [6.45, 7) is 11.0. The van der Waals surface area contributed by atoms with Crippen LogP contribution in [-0.2, 0) is 19.1 Å². The molecule has 33 heavy (non-hydrogen) atoms. The number of esters is 2. The summed E-state index contributed by atoms with van der Waals surface area (Å²) < 4.78 is 10.9. The summed E-state index contributed by atoms with van der Waals surface area (Å²) in [5.41, 5.74) is -0.0578. The summed E-state index contributed by atoms with van der Waals surface area (Å²) in [5, 5.41) is 1.39. The number of hydrogen-bond acceptors (Lipinski definition) is 6. The molecule has 3 rings (SSSR count). The van der Waals surface area contributed by atoms with Crippen LogP contribution < -0.4 is 5.19 Å². The third-order valence-electron chi connectivity index (χ3n) is 7.34. The molecule has 1 atom stereocenters. The molecule has 0 bridgehead atoms. The maximum Gasteiger partial charge on any atom is 0.338 e. The van der Waals surface area contributed by atoms with Gasteiger partial charge >= 0.3 is 18.9 Å². The first-order chi connectivity index (χ1) is 15.6. The predicted molar refractivity (Wildman–Crippen MR) is 136 cm³/mol. The topological polar surface area (TPSA) is 59.1 Å². The molecule has 1 saturated heterocycles. The van der Waals surface area contributed by atoms with Crippen LogP contribution in [-0.4, -0.2) is 77.0 Å². The molecule has 0 spiro atoms. The van der Waals surface area contributed by atoms with E-state index >= 15 is 0 Å². The van der Waals surface area contributed by atoms with Gasteiger partial charge in [0.05, 0.1) is 21.3 Å². The van der Waals surface area contributed by atoms with Crippen LogP contribution in [0.4, 0.5) is 0 Å². The molecule has 6 nitrogen and oxygen atoms in total. The third-order valence-corrected chi connectivity index (χ3v) is 10.8. The van der Waals surface area contributed by atoms with Crippen LogP contribution in [0.1, 0.15) is 26.7 Å². The maximum atomic E-state index is 13.2. The lowest BCUT2D eigenvalue weighted by atomic mass is 9.71. The zero-order chi connectivity index (χ0) is 24.2. The standard InChI is InChI=1S/C25H39BN2O4Si/c1-7-31-23(29)25(24(30)32-8-2)16-20(18-26-27(3)14-15-28(26)4)21(17-25)19-33(5,6)22-12-10-9-11-13-22/h9-13,18,21H,7-8,14-17,19H2,1-6H3/b20-18-. The quantitative estimate of drug-likeness (QED) is 0.331. The van der Waals surface area contributed by atoms with Gasteiger partial charge < -0.3 is 19.1 Å². The van der Waals surface area contributed by atoms with E-state index in [9.17, 15) is 9.59 Å². The number of likely N-dealkylation sites (N-methyl/N-ethyl adjacent to an activating group) is 2. The first kappa shape index (κ1) is 25.7. The maximum absolute atomic E-state index is 13.2. The van der Waals surface area contributed by atoms with Crippen molar-refractivity contribution in [1.29, 1.82) is 0 Å². The largest absolute Gasteiger partial charge is 0.465 e. The van der Waals surface area contributed by atoms with E-state index in [4.69, 9.17) is 9.47 Å². The zero-order valence-corrected chi connectivity index (χ0v) is 22.1. The second kappa shape index (κ2) is 10.6. The molecule has 1 aliphatic carbocycles. The molecule has 2 aliphatic rings. The first-order valence-electron chi connectivity index (χ1n) is 12.2. The number of rotatable bonds is 8. The van der Waals surface area contributed by atoms with Crippen molar-refractivity contribution in [3.05, 3.63) is 41.9 Å². The van der Waals surface area contributed by atoms with Gasteiger partial charge in [-0.25, -0.2) is 0 Å². The summed E-state index contributed by atoms with van der Waals surface area (Å²) >= 11 is 0. The normalized spacial score (nSPS) is 22.7. The van der Waals surface area contributed by atoms with Crippen molar-refractivity contribution in [2.24, 2.45) is 11.3 Å². The number of carbonyl (C=O) groups excluding carboxylic acids is 2. The Bertz CT molecular complexity index is 848. The highest BCUT2D eigenvalue weighted by atomic mass is 28.3. The van der Waals surface area contributed by atoms with E-state index in [1.165, 1.54) is 10.8 Å². The lowest BCUT2D eigenvalue weighted by molar-refractivity contribution is -0.171. The highest BCUT2D eigenvalue weighted by Crippen LogP contribution is 2.50. The molecule has 0 radical (unpaired) electrons. The lowest BCUT2D eigenvalue weighted by Gasteiger charge is -2.29. The van der Waals surface area contributed by atoms with E-state index in [0.717, 1.165) is 19.1 Å². The van der Waals surface area contributed by atoms with Gasteiger partial charge in [0.15, 0.2) is 5.41 Å². The number of allylic oxidation sites excluding steroid dienone is 1. The molecule has 1 unspecified atom stereocenters. The molecule has 1 aliphatic heterocycles. The van der Waals surface area contributed by atoms with Crippen molar-refractivity contribution < 1.29 is 19.1 Å². The smallest absolute Gasteiger partial charge is 0.338 e. The average Bonchev–Trinajstić information content (AvgIpc) is 3.30. The fourth-order valence-corrected chi connectivity index (χ4v) is 8.40. The number of carbonyl (C=O) groups is 2. The second-order valence-electron chi connectivity index (χ2n) is 10.2. The lowest BCUT2D eigenvalue weighted by Crippen LogP contribution is -2.44. The number of nitrogens with zero attached hydrogens (tertiary/aromatic N) is 2. The van der Waals surface area contributed by atoms with E-state index in [-0.39, 0.29) is 26.1 Å². The average molecular weight is 470 g/mol. The van der Waals surface area contributed by atoms with Gasteiger partial charge in [-0.3, -0.25) is 9.59 Å². The zero-order valence-electron chi connectivity index (χ0n) is 21.1. The highest BCUT2D eigenvalue weighted by Gasteiger charge is 2.56. The Hall–Kier alpha value is -1.90. The highest BCUT2D eigenvalue weighted by molar-refractivity contribution is 6.89. The number of hydrogen-bond donors (Lipinski definition) is 0. The van der Waals surface area contributed by atoms with Crippen LogP contribution in [0, 0.1) is 11.3 Å². The Balaban J connectivity index is 2.01. The molecular formula is C25H39BN2O4Si. The first-order valence-corrected chi connectivity index (χ1v) is 15.4. The van der Waals surface area contributed by atoms with Crippen molar-refractivity contribution in [3.8, 4) is 0 Å². The monoisotopic (exact) mass is 470 g/mol. The van der Waals surface area contributed by atoms with Gasteiger partial charge in [0.1, 0.15) is 0 Å². The Kier molecular flexibility index (Phi) is 8.24. The van der Waals surface area contributed by atoms with E-state index in [1.54, 1.807) is 13.8 Å². The number of benzene rings is 1. The summed E-state index contributed by atoms with van der Waals surface area (Å²) in [6, 6.07) is 11.6. The van der Waals surface area contributed by atoms with Crippen molar-refractivity contribution >= 4 is 32.2 Å². The van der Waals surface area contributed by atoms with Crippen molar-refractivity contribution in [2.45, 2.75) is 45.8 Å². The third kappa shape index (κ3) is 5.44. The molecule has 1 aromatic carbocycles. The Labute approximate surface area is 200 Å². The van der Waals surface area contributed by atoms with Crippen LogP contribution in [0.5, 0.6) is 0 Å². The van der Waals surface area contributed by atoms with Gasteiger partial charge in [0, 0.05) is 13.1 Å². The SMILES string of the molecule is CCOC(=O)C1(C(=O)OCC)C/C(=C/B2N(C)CCN2C)C(C[Si](C)(C)c2ccccc2)C1. The van der Waals surface area contributed by atoms with Gasteiger partial charge in [0.2, 0.25) is 0 Å². The molecular weight excluding hydrogens is 431 g/mol. The van der Waals surface area contributed by atoms with Gasteiger partial charge in [0.25, 0.3) is 0 Å². The van der Waals surface area contributed by atoms with Crippen LogP contribution in [0.2, 0.25) is 19.1 Å². The van der Waals surface area contributed by atoms with Gasteiger partial charge in [-0.15, -0.1) is 0 Å². The second-order valence-corrected chi connectivity index (χ2v) is 14.9. The van der Waals surface area contributed by atoms with E-state index < -0.39 is 25.4 Å². The molecule has 1 saturated carbocycles. The van der Waals surface area contributed by atoms with Gasteiger partial charge in [-0.05, 0) is 52.7 Å². The van der Waals surface area contributed by atoms with Gasteiger partial charge in [-0.2, -0.15) is 0 Å². The molecule has 0 N–H and O–H groups in total. The van der Waals surface area contributed by atoms with Crippen LogP contribution in [0.3, 0.4) is 0 Å². The molecule has 2 fully saturated rings. The van der Waals surface area contributed by atoms with E-state index in [0.29, 0.717) is 12.8 Å². The van der Waals surface area contributed by atoms with E-state index in [1.807, 2.05) is 6.07 Å². The molecule has 1 aromatic rings.